The van der Waals surface area contributed by atoms with E-state index < -0.39 is 5.60 Å². The minimum atomic E-state index is -0.497. The summed E-state index contributed by atoms with van der Waals surface area (Å²) in [5.74, 6) is 0.746. The van der Waals surface area contributed by atoms with Crippen molar-refractivity contribution in [2.45, 2.75) is 45.6 Å². The van der Waals surface area contributed by atoms with Gasteiger partial charge in [0, 0.05) is 31.0 Å². The molecule has 1 saturated heterocycles. The van der Waals surface area contributed by atoms with Crippen LogP contribution in [0.1, 0.15) is 47.7 Å². The second-order valence-electron chi connectivity index (χ2n) is 6.72. The Kier molecular flexibility index (Phi) is 4.43. The van der Waals surface area contributed by atoms with Crippen LogP contribution < -0.4 is 4.74 Å². The molecule has 1 spiro atoms. The van der Waals surface area contributed by atoms with Crippen molar-refractivity contribution in [2.24, 2.45) is 0 Å². The smallest absolute Gasteiger partial charge is 0.246 e. The van der Waals surface area contributed by atoms with Crippen LogP contribution in [0.15, 0.2) is 18.2 Å². The highest BCUT2D eigenvalue weighted by Gasteiger charge is 2.44. The van der Waals surface area contributed by atoms with E-state index in [-0.39, 0.29) is 11.7 Å². The maximum atomic E-state index is 12.7. The first-order valence-corrected chi connectivity index (χ1v) is 8.68. The van der Waals surface area contributed by atoms with Crippen molar-refractivity contribution < 1.29 is 14.3 Å². The van der Waals surface area contributed by atoms with Crippen LogP contribution in [0.5, 0.6) is 5.75 Å². The summed E-state index contributed by atoms with van der Waals surface area (Å²) in [5, 5.41) is 0.633. The zero-order valence-corrected chi connectivity index (χ0v) is 15.1. The lowest BCUT2D eigenvalue weighted by molar-refractivity contribution is -0.129. The molecule has 1 aromatic rings. The molecular weight excluding hydrogens is 326 g/mol. The van der Waals surface area contributed by atoms with E-state index in [0.717, 1.165) is 11.1 Å². The van der Waals surface area contributed by atoms with Gasteiger partial charge in [-0.25, -0.2) is 0 Å². The number of allylic oxidation sites excluding steroid dienone is 1. The first-order valence-electron chi connectivity index (χ1n) is 8.30. The van der Waals surface area contributed by atoms with Crippen molar-refractivity contribution in [1.82, 2.24) is 4.90 Å². The van der Waals surface area contributed by atoms with Crippen molar-refractivity contribution in [3.63, 3.8) is 0 Å². The summed E-state index contributed by atoms with van der Waals surface area (Å²) >= 11 is 6.28. The number of Topliss-reactive ketones (excluding diaryl/α,β-unsaturated/α-hetero) is 1. The highest BCUT2D eigenvalue weighted by Crippen LogP contribution is 2.43. The fourth-order valence-electron chi connectivity index (χ4n) is 3.66. The van der Waals surface area contributed by atoms with E-state index in [1.165, 1.54) is 0 Å². The van der Waals surface area contributed by atoms with Crippen LogP contribution >= 0.6 is 11.6 Å². The lowest BCUT2D eigenvalue weighted by atomic mass is 9.81. The van der Waals surface area contributed by atoms with E-state index in [4.69, 9.17) is 16.3 Å². The molecule has 0 radical (unpaired) electrons. The quantitative estimate of drug-likeness (QED) is 0.725. The predicted octanol–water partition coefficient (Wildman–Crippen LogP) is 3.86. The normalized spacial score (nSPS) is 19.5. The Morgan fingerprint density at radius 3 is 2.62 bits per heavy atom. The fourth-order valence-corrected chi connectivity index (χ4v) is 3.81. The molecule has 24 heavy (non-hydrogen) atoms. The maximum Gasteiger partial charge on any atom is 0.246 e. The molecule has 2 heterocycles. The minimum Gasteiger partial charge on any atom is -0.486 e. The molecule has 2 aliphatic heterocycles. The van der Waals surface area contributed by atoms with Crippen LogP contribution in [0.2, 0.25) is 5.02 Å². The van der Waals surface area contributed by atoms with Gasteiger partial charge in [-0.3, -0.25) is 9.59 Å². The monoisotopic (exact) mass is 347 g/mol. The Bertz CT molecular complexity index is 731. The number of carbonyl (C=O) groups excluding carboxylic acids is 2. The Labute approximate surface area is 147 Å². The van der Waals surface area contributed by atoms with Gasteiger partial charge in [0.1, 0.15) is 11.4 Å². The molecule has 0 N–H and O–H groups in total. The number of piperidine rings is 1. The van der Waals surface area contributed by atoms with E-state index in [2.05, 4.69) is 0 Å². The van der Waals surface area contributed by atoms with Gasteiger partial charge in [-0.15, -0.1) is 0 Å². The van der Waals surface area contributed by atoms with Gasteiger partial charge in [-0.2, -0.15) is 0 Å². The van der Waals surface area contributed by atoms with E-state index >= 15 is 0 Å². The highest BCUT2D eigenvalue weighted by molar-refractivity contribution is 6.32. The Hall–Kier alpha value is -1.81. The molecule has 0 aliphatic carbocycles. The average molecular weight is 348 g/mol. The largest absolute Gasteiger partial charge is 0.486 e. The minimum absolute atomic E-state index is 0.0216. The number of halogens is 1. The third-order valence-corrected chi connectivity index (χ3v) is 5.61. The highest BCUT2D eigenvalue weighted by atomic mass is 35.5. The van der Waals surface area contributed by atoms with Crippen molar-refractivity contribution in [3.05, 3.63) is 39.9 Å². The van der Waals surface area contributed by atoms with E-state index in [1.54, 1.807) is 12.2 Å². The lowest BCUT2D eigenvalue weighted by Crippen LogP contribution is -2.52. The standard InChI is InChI=1S/C19H22ClNO3/c1-4-5-16(23)21-8-6-19(7-9-21)11-14(22)17-13(3)18(20)12(2)10-15(17)24-19/h4-5,10H,6-9,11H2,1-3H3/b5-4+. The van der Waals surface area contributed by atoms with Gasteiger partial charge in [-0.05, 0) is 44.0 Å². The van der Waals surface area contributed by atoms with E-state index in [1.807, 2.05) is 31.7 Å². The number of benzene rings is 1. The van der Waals surface area contributed by atoms with Crippen LogP contribution in [0, 0.1) is 13.8 Å². The summed E-state index contributed by atoms with van der Waals surface area (Å²) in [4.78, 5) is 26.5. The number of likely N-dealkylation sites (tertiary alicyclic amines) is 1. The maximum absolute atomic E-state index is 12.7. The van der Waals surface area contributed by atoms with Gasteiger partial charge in [0.2, 0.25) is 5.91 Å². The summed E-state index contributed by atoms with van der Waals surface area (Å²) in [6.45, 7) is 6.84. The van der Waals surface area contributed by atoms with Crippen LogP contribution in [0.25, 0.3) is 0 Å². The summed E-state index contributed by atoms with van der Waals surface area (Å²) in [6.07, 6.45) is 5.02. The average Bonchev–Trinajstić information content (AvgIpc) is 2.53. The molecule has 1 aromatic carbocycles. The van der Waals surface area contributed by atoms with Gasteiger partial charge in [-0.1, -0.05) is 17.7 Å². The topological polar surface area (TPSA) is 46.6 Å². The van der Waals surface area contributed by atoms with Crippen LogP contribution in [0.3, 0.4) is 0 Å². The van der Waals surface area contributed by atoms with Crippen LogP contribution in [0.4, 0.5) is 0 Å². The van der Waals surface area contributed by atoms with Crippen LogP contribution in [-0.2, 0) is 4.79 Å². The second kappa shape index (κ2) is 6.25. The van der Waals surface area contributed by atoms with E-state index in [0.29, 0.717) is 48.7 Å². The fraction of sp³-hybridized carbons (Fsp3) is 0.474. The number of carbonyl (C=O) groups is 2. The molecule has 2 aliphatic rings. The molecule has 0 saturated carbocycles. The summed E-state index contributed by atoms with van der Waals surface area (Å²) in [6, 6.07) is 1.86. The number of fused-ring (bicyclic) bond motifs is 1. The van der Waals surface area contributed by atoms with Gasteiger partial charge in [0.25, 0.3) is 0 Å². The molecule has 0 unspecified atom stereocenters. The molecule has 0 bridgehead atoms. The number of amides is 1. The van der Waals surface area contributed by atoms with Crippen LogP contribution in [-0.4, -0.2) is 35.3 Å². The number of ether oxygens (including phenoxy) is 1. The first-order chi connectivity index (χ1) is 11.4. The molecule has 1 amide bonds. The van der Waals surface area contributed by atoms with Crippen molar-refractivity contribution in [2.75, 3.05) is 13.1 Å². The molecule has 0 atom stereocenters. The van der Waals surface area contributed by atoms with Gasteiger partial charge in [0.15, 0.2) is 5.78 Å². The van der Waals surface area contributed by atoms with Crippen molar-refractivity contribution in [3.8, 4) is 5.75 Å². The Morgan fingerprint density at radius 2 is 2.00 bits per heavy atom. The Balaban J connectivity index is 1.84. The number of hydrogen-bond donors (Lipinski definition) is 0. The number of rotatable bonds is 1. The number of hydrogen-bond acceptors (Lipinski definition) is 3. The lowest BCUT2D eigenvalue weighted by Gasteiger charge is -2.44. The molecular formula is C19H22ClNO3. The molecule has 3 rings (SSSR count). The first kappa shape index (κ1) is 17.0. The summed E-state index contributed by atoms with van der Waals surface area (Å²) in [5.41, 5.74) is 1.83. The third kappa shape index (κ3) is 2.84. The molecule has 128 valence electrons. The van der Waals surface area contributed by atoms with E-state index in [9.17, 15) is 9.59 Å². The number of nitrogens with zero attached hydrogens (tertiary/aromatic N) is 1. The third-order valence-electron chi connectivity index (χ3n) is 5.03. The molecule has 5 heteroatoms. The SMILES string of the molecule is C/C=C/C(=O)N1CCC2(CC1)CC(=O)c1c(cc(C)c(Cl)c1C)O2. The second-order valence-corrected chi connectivity index (χ2v) is 7.09. The molecule has 1 fully saturated rings. The van der Waals surface area contributed by atoms with Crippen molar-refractivity contribution >= 4 is 23.3 Å². The molecule has 4 nitrogen and oxygen atoms in total. The summed E-state index contributed by atoms with van der Waals surface area (Å²) in [7, 11) is 0. The van der Waals surface area contributed by atoms with Gasteiger partial charge < -0.3 is 9.64 Å². The zero-order chi connectivity index (χ0) is 17.5. The Morgan fingerprint density at radius 1 is 1.33 bits per heavy atom. The molecule has 0 aromatic heterocycles. The van der Waals surface area contributed by atoms with Gasteiger partial charge in [0.05, 0.1) is 12.0 Å². The number of ketones is 1. The summed E-state index contributed by atoms with van der Waals surface area (Å²) < 4.78 is 6.30. The number of aryl methyl sites for hydroxylation is 1. The predicted molar refractivity (Wildman–Crippen MR) is 93.9 cm³/mol. The van der Waals surface area contributed by atoms with Crippen molar-refractivity contribution in [1.29, 1.82) is 0 Å². The van der Waals surface area contributed by atoms with Gasteiger partial charge >= 0.3 is 0 Å². The zero-order valence-electron chi connectivity index (χ0n) is 14.3.